The fourth-order valence-electron chi connectivity index (χ4n) is 1.31. The molecule has 0 aliphatic heterocycles. The van der Waals surface area contributed by atoms with Gasteiger partial charge in [0.1, 0.15) is 0 Å². The third-order valence-corrected chi connectivity index (χ3v) is 3.14. The quantitative estimate of drug-likeness (QED) is 0.878. The summed E-state index contributed by atoms with van der Waals surface area (Å²) in [5.41, 5.74) is 1.33. The van der Waals surface area contributed by atoms with Crippen LogP contribution in [0.15, 0.2) is 18.2 Å². The Morgan fingerprint density at radius 1 is 1.56 bits per heavy atom. The third kappa shape index (κ3) is 2.32. The van der Waals surface area contributed by atoms with Gasteiger partial charge in [0.2, 0.25) is 0 Å². The second-order valence-corrected chi connectivity index (χ2v) is 4.74. The van der Waals surface area contributed by atoms with Crippen LogP contribution in [0.25, 0.3) is 10.2 Å². The molecule has 0 saturated carbocycles. The number of nitrogens with zero attached hydrogens (tertiary/aromatic N) is 1. The summed E-state index contributed by atoms with van der Waals surface area (Å²) in [6.45, 7) is 0.181. The lowest BCUT2D eigenvalue weighted by atomic mass is 10.2. The van der Waals surface area contributed by atoms with E-state index in [1.165, 1.54) is 11.3 Å². The molecule has 0 atom stereocenters. The van der Waals surface area contributed by atoms with Crippen molar-refractivity contribution in [3.8, 4) is 0 Å². The number of carbonyl (C=O) groups excluding carboxylic acids is 1. The van der Waals surface area contributed by atoms with Gasteiger partial charge in [0.25, 0.3) is 5.91 Å². The van der Waals surface area contributed by atoms with E-state index >= 15 is 0 Å². The van der Waals surface area contributed by atoms with Crippen molar-refractivity contribution in [2.24, 2.45) is 0 Å². The molecule has 16 heavy (non-hydrogen) atoms. The summed E-state index contributed by atoms with van der Waals surface area (Å²) >= 11 is 7.10. The van der Waals surface area contributed by atoms with E-state index in [0.717, 1.165) is 10.2 Å². The molecule has 0 spiro atoms. The molecule has 1 amide bonds. The van der Waals surface area contributed by atoms with E-state index in [0.29, 0.717) is 10.0 Å². The Balaban J connectivity index is 2.28. The van der Waals surface area contributed by atoms with E-state index in [4.69, 9.17) is 16.7 Å². The molecule has 2 aromatic rings. The molecule has 1 aromatic heterocycles. The number of fused-ring (bicyclic) bond motifs is 1. The second-order valence-electron chi connectivity index (χ2n) is 3.13. The number of nitrogens with one attached hydrogen (secondary N) is 1. The van der Waals surface area contributed by atoms with E-state index in [2.05, 4.69) is 10.3 Å². The van der Waals surface area contributed by atoms with Crippen molar-refractivity contribution >= 4 is 39.1 Å². The van der Waals surface area contributed by atoms with Gasteiger partial charge >= 0.3 is 0 Å². The normalized spacial score (nSPS) is 10.6. The van der Waals surface area contributed by atoms with Gasteiger partial charge in [0, 0.05) is 12.1 Å². The van der Waals surface area contributed by atoms with Crippen molar-refractivity contribution in [1.29, 1.82) is 0 Å². The molecule has 84 valence electrons. The van der Waals surface area contributed by atoms with E-state index in [-0.39, 0.29) is 19.1 Å². The van der Waals surface area contributed by atoms with Gasteiger partial charge in [-0.2, -0.15) is 0 Å². The third-order valence-electron chi connectivity index (χ3n) is 2.02. The molecule has 0 fully saturated rings. The van der Waals surface area contributed by atoms with Crippen molar-refractivity contribution < 1.29 is 9.90 Å². The zero-order chi connectivity index (χ0) is 11.5. The number of thiazole rings is 1. The maximum Gasteiger partial charge on any atom is 0.251 e. The minimum atomic E-state index is -0.208. The molecule has 1 heterocycles. The summed E-state index contributed by atoms with van der Waals surface area (Å²) in [5, 5.41) is 11.2. The molecule has 4 nitrogen and oxygen atoms in total. The molecule has 2 N–H and O–H groups in total. The first-order valence-electron chi connectivity index (χ1n) is 4.66. The largest absolute Gasteiger partial charge is 0.395 e. The molecular weight excluding hydrogens is 248 g/mol. The smallest absolute Gasteiger partial charge is 0.251 e. The van der Waals surface area contributed by atoms with Gasteiger partial charge in [0.15, 0.2) is 4.47 Å². The predicted octanol–water partition coefficient (Wildman–Crippen LogP) is 1.67. The first kappa shape index (κ1) is 11.3. The average Bonchev–Trinajstić information content (AvgIpc) is 2.64. The number of hydrogen-bond donors (Lipinski definition) is 2. The SMILES string of the molecule is O=C(NCCO)c1ccc2nc(Cl)sc2c1. The number of aliphatic hydroxyl groups excluding tert-OH is 1. The molecule has 0 saturated heterocycles. The monoisotopic (exact) mass is 256 g/mol. The van der Waals surface area contributed by atoms with Crippen LogP contribution < -0.4 is 5.32 Å². The highest BCUT2D eigenvalue weighted by atomic mass is 35.5. The average molecular weight is 257 g/mol. The Morgan fingerprint density at radius 2 is 2.38 bits per heavy atom. The van der Waals surface area contributed by atoms with E-state index in [1.54, 1.807) is 18.2 Å². The number of hydrogen-bond acceptors (Lipinski definition) is 4. The fraction of sp³-hybridized carbons (Fsp3) is 0.200. The minimum Gasteiger partial charge on any atom is -0.395 e. The number of halogens is 1. The van der Waals surface area contributed by atoms with Crippen LogP contribution in [0.5, 0.6) is 0 Å². The maximum atomic E-state index is 11.6. The molecular formula is C10H9ClN2O2S. The van der Waals surface area contributed by atoms with Crippen LogP contribution in [0, 0.1) is 0 Å². The summed E-state index contributed by atoms with van der Waals surface area (Å²) in [6.07, 6.45) is 0. The minimum absolute atomic E-state index is 0.0691. The summed E-state index contributed by atoms with van der Waals surface area (Å²) in [5.74, 6) is -0.208. The number of aromatic nitrogens is 1. The Bertz CT molecular complexity index is 527. The van der Waals surface area contributed by atoms with E-state index in [9.17, 15) is 4.79 Å². The van der Waals surface area contributed by atoms with Gasteiger partial charge in [-0.1, -0.05) is 11.6 Å². The Labute approximate surface area is 101 Å². The predicted molar refractivity (Wildman–Crippen MR) is 64.0 cm³/mol. The van der Waals surface area contributed by atoms with Crippen LogP contribution in [-0.4, -0.2) is 29.1 Å². The molecule has 0 bridgehead atoms. The van der Waals surface area contributed by atoms with Gasteiger partial charge in [0.05, 0.1) is 16.8 Å². The second kappa shape index (κ2) is 4.78. The van der Waals surface area contributed by atoms with Gasteiger partial charge in [-0.05, 0) is 18.2 Å². The summed E-state index contributed by atoms with van der Waals surface area (Å²) in [6, 6.07) is 5.18. The standard InChI is InChI=1S/C10H9ClN2O2S/c11-10-13-7-2-1-6(5-8(7)16-10)9(15)12-3-4-14/h1-2,5,14H,3-4H2,(H,12,15). The molecule has 0 aliphatic rings. The Hall–Kier alpha value is -1.17. The first-order valence-corrected chi connectivity index (χ1v) is 5.85. The number of carbonyl (C=O) groups is 1. The highest BCUT2D eigenvalue weighted by Gasteiger charge is 2.08. The maximum absolute atomic E-state index is 11.6. The highest BCUT2D eigenvalue weighted by molar-refractivity contribution is 7.22. The summed E-state index contributed by atoms with van der Waals surface area (Å²) in [4.78, 5) is 15.7. The van der Waals surface area contributed by atoms with Crippen LogP contribution in [-0.2, 0) is 0 Å². The van der Waals surface area contributed by atoms with Crippen molar-refractivity contribution in [1.82, 2.24) is 10.3 Å². The summed E-state index contributed by atoms with van der Waals surface area (Å²) < 4.78 is 1.34. The van der Waals surface area contributed by atoms with Crippen LogP contribution >= 0.6 is 22.9 Å². The molecule has 2 rings (SSSR count). The lowest BCUT2D eigenvalue weighted by Gasteiger charge is -2.02. The Morgan fingerprint density at radius 3 is 3.12 bits per heavy atom. The fourth-order valence-corrected chi connectivity index (χ4v) is 2.38. The van der Waals surface area contributed by atoms with Gasteiger partial charge in [-0.15, -0.1) is 11.3 Å². The molecule has 0 radical (unpaired) electrons. The molecule has 0 unspecified atom stereocenters. The zero-order valence-corrected chi connectivity index (χ0v) is 9.81. The first-order chi connectivity index (χ1) is 7.70. The molecule has 6 heteroatoms. The van der Waals surface area contributed by atoms with Crippen LogP contribution in [0.4, 0.5) is 0 Å². The van der Waals surface area contributed by atoms with E-state index in [1.807, 2.05) is 0 Å². The van der Waals surface area contributed by atoms with Gasteiger partial charge in [-0.25, -0.2) is 4.98 Å². The van der Waals surface area contributed by atoms with Crippen molar-refractivity contribution in [3.63, 3.8) is 0 Å². The van der Waals surface area contributed by atoms with Gasteiger partial charge in [-0.3, -0.25) is 4.79 Å². The number of benzene rings is 1. The van der Waals surface area contributed by atoms with Crippen LogP contribution in [0.1, 0.15) is 10.4 Å². The number of amides is 1. The van der Waals surface area contributed by atoms with Crippen LogP contribution in [0.2, 0.25) is 4.47 Å². The Kier molecular flexibility index (Phi) is 3.38. The van der Waals surface area contributed by atoms with Crippen LogP contribution in [0.3, 0.4) is 0 Å². The highest BCUT2D eigenvalue weighted by Crippen LogP contribution is 2.26. The van der Waals surface area contributed by atoms with Crippen molar-refractivity contribution in [3.05, 3.63) is 28.2 Å². The van der Waals surface area contributed by atoms with Crippen molar-refractivity contribution in [2.75, 3.05) is 13.2 Å². The number of aliphatic hydroxyl groups is 1. The molecule has 0 aliphatic carbocycles. The van der Waals surface area contributed by atoms with Gasteiger partial charge < -0.3 is 10.4 Å². The number of rotatable bonds is 3. The lowest BCUT2D eigenvalue weighted by Crippen LogP contribution is -2.26. The topological polar surface area (TPSA) is 62.2 Å². The lowest BCUT2D eigenvalue weighted by molar-refractivity contribution is 0.0945. The zero-order valence-electron chi connectivity index (χ0n) is 8.24. The summed E-state index contributed by atoms with van der Waals surface area (Å²) in [7, 11) is 0. The van der Waals surface area contributed by atoms with Crippen molar-refractivity contribution in [2.45, 2.75) is 0 Å². The molecule has 1 aromatic carbocycles. The van der Waals surface area contributed by atoms with E-state index < -0.39 is 0 Å².